The lowest BCUT2D eigenvalue weighted by molar-refractivity contribution is -0.136. The van der Waals surface area contributed by atoms with Crippen LogP contribution in [-0.4, -0.2) is 18.4 Å². The molecule has 1 unspecified atom stereocenters. The van der Waals surface area contributed by atoms with E-state index in [9.17, 15) is 4.79 Å². The number of hydrogen-bond donors (Lipinski definition) is 1. The van der Waals surface area contributed by atoms with E-state index in [-0.39, 0.29) is 31.0 Å². The number of halogens is 1. The number of ether oxygens (including phenoxy) is 2. The van der Waals surface area contributed by atoms with Crippen molar-refractivity contribution < 1.29 is 14.3 Å². The summed E-state index contributed by atoms with van der Waals surface area (Å²) in [5.41, 5.74) is 4.50. The van der Waals surface area contributed by atoms with Crippen LogP contribution in [0.5, 0.6) is 5.75 Å². The van der Waals surface area contributed by atoms with Gasteiger partial charge in [0.1, 0.15) is 19.0 Å². The van der Waals surface area contributed by atoms with Crippen LogP contribution in [0.1, 0.15) is 29.7 Å². The topological polar surface area (TPSA) is 59.9 Å². The predicted molar refractivity (Wildman–Crippen MR) is 106 cm³/mol. The van der Waals surface area contributed by atoms with Crippen LogP contribution in [0.3, 0.4) is 0 Å². The Bertz CT molecular complexity index is 937. The normalized spacial score (nSPS) is 18.1. The molecule has 4 rings (SSSR count). The maximum absolute atomic E-state index is 12.2. The second-order valence-electron chi connectivity index (χ2n) is 6.46. The average molecular weight is 385 g/mol. The summed E-state index contributed by atoms with van der Waals surface area (Å²) in [6, 6.07) is 15.6. The molecule has 0 fully saturated rings. The third kappa shape index (κ3) is 3.69. The minimum atomic E-state index is -0.317. The van der Waals surface area contributed by atoms with Crippen LogP contribution in [0.2, 0.25) is 0 Å². The lowest BCUT2D eigenvalue weighted by atomic mass is 9.95. The van der Waals surface area contributed by atoms with Gasteiger partial charge in [0.05, 0.1) is 23.1 Å². The van der Waals surface area contributed by atoms with E-state index in [1.807, 2.05) is 43.3 Å². The number of carbonyl (C=O) groups excluding carboxylic acids is 1. The highest BCUT2D eigenvalue weighted by Gasteiger charge is 2.36. The van der Waals surface area contributed by atoms with Gasteiger partial charge in [0, 0.05) is 5.56 Å². The fraction of sp³-hybridized carbons (Fsp3) is 0.238. The Kier molecular flexibility index (Phi) is 5.51. The van der Waals surface area contributed by atoms with Crippen LogP contribution in [0.4, 0.5) is 0 Å². The number of hydrogen-bond acceptors (Lipinski definition) is 5. The molecule has 6 heteroatoms. The molecule has 0 spiro atoms. The zero-order chi connectivity index (χ0) is 18.1. The molecular formula is C21H21ClN2O3. The Labute approximate surface area is 164 Å². The summed E-state index contributed by atoms with van der Waals surface area (Å²) in [7, 11) is 0. The number of carbonyl (C=O) groups is 1. The average Bonchev–Trinajstić information content (AvgIpc) is 3.01. The Balaban J connectivity index is 0.00000210. The fourth-order valence-electron chi connectivity index (χ4n) is 3.31. The van der Waals surface area contributed by atoms with Gasteiger partial charge >= 0.3 is 5.97 Å². The second kappa shape index (κ2) is 7.84. The standard InChI is InChI=1S/C21H20N2O3.ClH/c1-13-7-3-4-8-15(13)11-25-18-10-6-5-9-16(18)20-19-17(12-26-21(19)24)22-14(2)23-20;/h3-10,20H,11-12H2,1-2H3,(H,22,23);1H. The summed E-state index contributed by atoms with van der Waals surface area (Å²) in [5.74, 6) is 1.19. The second-order valence-corrected chi connectivity index (χ2v) is 6.46. The van der Waals surface area contributed by atoms with Gasteiger partial charge in [-0.2, -0.15) is 0 Å². The van der Waals surface area contributed by atoms with Gasteiger partial charge in [-0.1, -0.05) is 42.5 Å². The molecule has 140 valence electrons. The molecule has 0 saturated heterocycles. The van der Waals surface area contributed by atoms with Crippen molar-refractivity contribution in [1.29, 1.82) is 0 Å². The Morgan fingerprint density at radius 3 is 2.70 bits per heavy atom. The highest BCUT2D eigenvalue weighted by molar-refractivity contribution is 5.97. The third-order valence-electron chi connectivity index (χ3n) is 4.69. The molecule has 27 heavy (non-hydrogen) atoms. The number of rotatable bonds is 4. The molecule has 5 nitrogen and oxygen atoms in total. The molecule has 2 aliphatic heterocycles. The number of aliphatic imine (C=N–C) groups is 1. The van der Waals surface area contributed by atoms with E-state index in [2.05, 4.69) is 29.4 Å². The smallest absolute Gasteiger partial charge is 0.338 e. The highest BCUT2D eigenvalue weighted by Crippen LogP contribution is 2.37. The lowest BCUT2D eigenvalue weighted by Crippen LogP contribution is -2.33. The van der Waals surface area contributed by atoms with E-state index < -0.39 is 0 Å². The highest BCUT2D eigenvalue weighted by atomic mass is 35.5. The van der Waals surface area contributed by atoms with Crippen molar-refractivity contribution in [2.75, 3.05) is 6.61 Å². The molecular weight excluding hydrogens is 364 g/mol. The largest absolute Gasteiger partial charge is 0.489 e. The van der Waals surface area contributed by atoms with E-state index >= 15 is 0 Å². The van der Waals surface area contributed by atoms with Gasteiger partial charge in [0.15, 0.2) is 0 Å². The first-order valence-electron chi connectivity index (χ1n) is 8.61. The molecule has 1 N–H and O–H groups in total. The van der Waals surface area contributed by atoms with Crippen molar-refractivity contribution in [3.63, 3.8) is 0 Å². The quantitative estimate of drug-likeness (QED) is 0.813. The summed E-state index contributed by atoms with van der Waals surface area (Å²) in [5, 5.41) is 3.30. The molecule has 0 amide bonds. The van der Waals surface area contributed by atoms with Crippen LogP contribution in [-0.2, 0) is 16.1 Å². The Hall–Kier alpha value is -2.79. The van der Waals surface area contributed by atoms with Crippen molar-refractivity contribution in [3.05, 3.63) is 76.5 Å². The molecule has 2 aromatic carbocycles. The van der Waals surface area contributed by atoms with Gasteiger partial charge < -0.3 is 14.8 Å². The summed E-state index contributed by atoms with van der Waals surface area (Å²) in [4.78, 5) is 16.6. The minimum Gasteiger partial charge on any atom is -0.489 e. The Morgan fingerprint density at radius 2 is 1.89 bits per heavy atom. The van der Waals surface area contributed by atoms with Crippen LogP contribution < -0.4 is 10.1 Å². The molecule has 0 aromatic heterocycles. The monoisotopic (exact) mass is 384 g/mol. The Morgan fingerprint density at radius 1 is 1.15 bits per heavy atom. The number of para-hydroxylation sites is 1. The molecule has 2 aromatic rings. The number of amidine groups is 1. The van der Waals surface area contributed by atoms with Crippen LogP contribution >= 0.6 is 12.4 Å². The van der Waals surface area contributed by atoms with Crippen molar-refractivity contribution in [2.24, 2.45) is 4.99 Å². The zero-order valence-electron chi connectivity index (χ0n) is 15.2. The van der Waals surface area contributed by atoms with Crippen molar-refractivity contribution in [1.82, 2.24) is 5.32 Å². The first-order valence-corrected chi connectivity index (χ1v) is 8.61. The first kappa shape index (κ1) is 19.0. The van der Waals surface area contributed by atoms with Crippen molar-refractivity contribution in [3.8, 4) is 5.75 Å². The van der Waals surface area contributed by atoms with Gasteiger partial charge in [0.2, 0.25) is 0 Å². The van der Waals surface area contributed by atoms with E-state index in [0.717, 1.165) is 22.7 Å². The van der Waals surface area contributed by atoms with Crippen molar-refractivity contribution in [2.45, 2.75) is 26.5 Å². The lowest BCUT2D eigenvalue weighted by Gasteiger charge is -2.25. The van der Waals surface area contributed by atoms with Crippen molar-refractivity contribution >= 4 is 24.2 Å². The minimum absolute atomic E-state index is 0. The maximum Gasteiger partial charge on any atom is 0.338 e. The van der Waals surface area contributed by atoms with Gasteiger partial charge in [-0.25, -0.2) is 9.79 Å². The van der Waals surface area contributed by atoms with E-state index in [1.54, 1.807) is 0 Å². The fourth-order valence-corrected chi connectivity index (χ4v) is 3.31. The molecule has 0 bridgehead atoms. The summed E-state index contributed by atoms with van der Waals surface area (Å²) >= 11 is 0. The van der Waals surface area contributed by atoms with E-state index in [1.165, 1.54) is 5.56 Å². The summed E-state index contributed by atoms with van der Waals surface area (Å²) in [6.07, 6.45) is 0. The first-order chi connectivity index (χ1) is 12.6. The van der Waals surface area contributed by atoms with E-state index in [0.29, 0.717) is 17.9 Å². The van der Waals surface area contributed by atoms with Crippen LogP contribution in [0.25, 0.3) is 0 Å². The van der Waals surface area contributed by atoms with Gasteiger partial charge in [-0.3, -0.25) is 0 Å². The van der Waals surface area contributed by atoms with E-state index in [4.69, 9.17) is 9.47 Å². The number of aryl methyl sites for hydroxylation is 1. The maximum atomic E-state index is 12.2. The molecule has 0 aliphatic carbocycles. The SMILES string of the molecule is CC1=NC2=C(C(=O)OC2)C(c2ccccc2OCc2ccccc2C)N1.Cl. The molecule has 0 saturated carbocycles. The number of benzene rings is 2. The van der Waals surface area contributed by atoms with Gasteiger partial charge in [-0.05, 0) is 31.0 Å². The zero-order valence-corrected chi connectivity index (χ0v) is 16.0. The molecule has 1 atom stereocenters. The number of nitrogens with zero attached hydrogens (tertiary/aromatic N) is 1. The summed E-state index contributed by atoms with van der Waals surface area (Å²) < 4.78 is 11.3. The van der Waals surface area contributed by atoms with Gasteiger partial charge in [0.25, 0.3) is 0 Å². The predicted octanol–water partition coefficient (Wildman–Crippen LogP) is 3.87. The van der Waals surface area contributed by atoms with Gasteiger partial charge in [-0.15, -0.1) is 12.4 Å². The number of esters is 1. The molecule has 2 heterocycles. The van der Waals surface area contributed by atoms with Crippen LogP contribution in [0, 0.1) is 6.92 Å². The van der Waals surface area contributed by atoms with Crippen LogP contribution in [0.15, 0.2) is 64.8 Å². The molecule has 2 aliphatic rings. The molecule has 0 radical (unpaired) electrons. The third-order valence-corrected chi connectivity index (χ3v) is 4.69. The number of cyclic esters (lactones) is 1. The summed E-state index contributed by atoms with van der Waals surface area (Å²) in [6.45, 7) is 4.66. The number of nitrogens with one attached hydrogen (secondary N) is 1.